The number of carboxylic acids is 1. The van der Waals surface area contributed by atoms with Gasteiger partial charge in [0.1, 0.15) is 0 Å². The number of carboxylic acid groups (broad SMARTS) is 1. The van der Waals surface area contributed by atoms with Crippen LogP contribution < -0.4 is 10.5 Å². The van der Waals surface area contributed by atoms with Crippen LogP contribution in [0.5, 0.6) is 5.75 Å². The van der Waals surface area contributed by atoms with Crippen molar-refractivity contribution in [2.45, 2.75) is 0 Å². The number of aromatic carboxylic acids is 1. The third-order valence-electron chi connectivity index (χ3n) is 2.74. The average molecular weight is 255 g/mol. The molecule has 0 aromatic carbocycles. The number of hydrogen-bond acceptors (Lipinski definition) is 6. The molecule has 1 aromatic rings. The van der Waals surface area contributed by atoms with Crippen molar-refractivity contribution in [3.8, 4) is 5.75 Å². The van der Waals surface area contributed by atoms with Gasteiger partial charge in [-0.25, -0.2) is 9.78 Å². The Bertz CT molecular complexity index is 533. The van der Waals surface area contributed by atoms with E-state index in [4.69, 9.17) is 9.84 Å². The molecule has 2 rings (SSSR count). The van der Waals surface area contributed by atoms with Crippen molar-refractivity contribution < 1.29 is 19.7 Å². The summed E-state index contributed by atoms with van der Waals surface area (Å²) in [6.45, 7) is 2.01. The van der Waals surface area contributed by atoms with E-state index in [1.165, 1.54) is 7.05 Å². The van der Waals surface area contributed by atoms with Gasteiger partial charge in [0, 0.05) is 20.1 Å². The summed E-state index contributed by atoms with van der Waals surface area (Å²) in [5.41, 5.74) is -1.40. The van der Waals surface area contributed by atoms with Gasteiger partial charge in [-0.05, 0) is 0 Å². The van der Waals surface area contributed by atoms with Gasteiger partial charge in [0.2, 0.25) is 11.7 Å². The molecule has 1 saturated heterocycles. The van der Waals surface area contributed by atoms with E-state index in [1.807, 2.05) is 0 Å². The van der Waals surface area contributed by atoms with Crippen LogP contribution in [0.25, 0.3) is 0 Å². The Morgan fingerprint density at radius 3 is 2.56 bits per heavy atom. The number of rotatable bonds is 2. The summed E-state index contributed by atoms with van der Waals surface area (Å²) in [5.74, 6) is -2.06. The molecule has 1 aromatic heterocycles. The smallest absolute Gasteiger partial charge is 0.358 e. The first kappa shape index (κ1) is 12.4. The molecule has 1 aliphatic heterocycles. The molecule has 2 N–H and O–H groups in total. The van der Waals surface area contributed by atoms with Gasteiger partial charge in [0.25, 0.3) is 5.56 Å². The molecule has 0 amide bonds. The fourth-order valence-electron chi connectivity index (χ4n) is 1.77. The zero-order valence-corrected chi connectivity index (χ0v) is 9.79. The van der Waals surface area contributed by atoms with Gasteiger partial charge < -0.3 is 19.8 Å². The summed E-state index contributed by atoms with van der Waals surface area (Å²) >= 11 is 0. The average Bonchev–Trinajstić information content (AvgIpc) is 2.37. The summed E-state index contributed by atoms with van der Waals surface area (Å²) in [7, 11) is 1.44. The Kier molecular flexibility index (Phi) is 3.19. The molecule has 0 radical (unpaired) electrons. The second-order valence-electron chi connectivity index (χ2n) is 3.88. The summed E-state index contributed by atoms with van der Waals surface area (Å²) in [6, 6.07) is 0. The van der Waals surface area contributed by atoms with E-state index in [1.54, 1.807) is 4.90 Å². The molecular formula is C10H13N3O5. The topological polar surface area (TPSA) is 105 Å². The lowest BCUT2D eigenvalue weighted by Gasteiger charge is -2.28. The highest BCUT2D eigenvalue weighted by atomic mass is 16.5. The molecule has 98 valence electrons. The second-order valence-corrected chi connectivity index (χ2v) is 3.88. The van der Waals surface area contributed by atoms with Crippen molar-refractivity contribution in [1.82, 2.24) is 9.55 Å². The fourth-order valence-corrected chi connectivity index (χ4v) is 1.77. The van der Waals surface area contributed by atoms with Crippen LogP contribution in [0.2, 0.25) is 0 Å². The van der Waals surface area contributed by atoms with E-state index in [0.717, 1.165) is 4.57 Å². The normalized spacial score (nSPS) is 15.7. The first-order chi connectivity index (χ1) is 8.52. The zero-order valence-electron chi connectivity index (χ0n) is 9.79. The van der Waals surface area contributed by atoms with E-state index >= 15 is 0 Å². The third kappa shape index (κ3) is 2.02. The Morgan fingerprint density at radius 2 is 2.00 bits per heavy atom. The van der Waals surface area contributed by atoms with Crippen molar-refractivity contribution in [2.24, 2.45) is 7.05 Å². The molecule has 18 heavy (non-hydrogen) atoms. The summed E-state index contributed by atoms with van der Waals surface area (Å²) < 4.78 is 6.30. The predicted molar refractivity (Wildman–Crippen MR) is 61.1 cm³/mol. The SMILES string of the molecule is Cn1c(N2CCOCC2)nc(C(=O)O)c(O)c1=O. The van der Waals surface area contributed by atoms with Gasteiger partial charge in [-0.1, -0.05) is 0 Å². The molecular weight excluding hydrogens is 242 g/mol. The van der Waals surface area contributed by atoms with Crippen LogP contribution in [-0.4, -0.2) is 52.0 Å². The van der Waals surface area contributed by atoms with Crippen molar-refractivity contribution >= 4 is 11.9 Å². The van der Waals surface area contributed by atoms with Gasteiger partial charge in [-0.3, -0.25) is 9.36 Å². The molecule has 2 heterocycles. The predicted octanol–water partition coefficient (Wildman–Crippen LogP) is -0.979. The highest BCUT2D eigenvalue weighted by molar-refractivity contribution is 5.88. The molecule has 0 saturated carbocycles. The van der Waals surface area contributed by atoms with Crippen molar-refractivity contribution in [1.29, 1.82) is 0 Å². The van der Waals surface area contributed by atoms with Crippen molar-refractivity contribution in [3.63, 3.8) is 0 Å². The van der Waals surface area contributed by atoms with Gasteiger partial charge >= 0.3 is 5.97 Å². The van der Waals surface area contributed by atoms with Crippen molar-refractivity contribution in [2.75, 3.05) is 31.2 Å². The van der Waals surface area contributed by atoms with E-state index < -0.39 is 23.0 Å². The minimum Gasteiger partial charge on any atom is -0.501 e. The van der Waals surface area contributed by atoms with E-state index in [2.05, 4.69) is 4.98 Å². The molecule has 0 aliphatic carbocycles. The fraction of sp³-hybridized carbons (Fsp3) is 0.500. The lowest BCUT2D eigenvalue weighted by Crippen LogP contribution is -2.40. The van der Waals surface area contributed by atoms with E-state index in [9.17, 15) is 14.7 Å². The van der Waals surface area contributed by atoms with Gasteiger partial charge in [-0.15, -0.1) is 0 Å². The van der Waals surface area contributed by atoms with E-state index in [-0.39, 0.29) is 5.95 Å². The molecule has 0 spiro atoms. The maximum Gasteiger partial charge on any atom is 0.358 e. The van der Waals surface area contributed by atoms with Crippen molar-refractivity contribution in [3.05, 3.63) is 16.0 Å². The number of aromatic nitrogens is 2. The Morgan fingerprint density at radius 1 is 1.39 bits per heavy atom. The number of ether oxygens (including phenoxy) is 1. The highest BCUT2D eigenvalue weighted by Crippen LogP contribution is 2.16. The van der Waals surface area contributed by atoms with E-state index in [0.29, 0.717) is 26.3 Å². The monoisotopic (exact) mass is 255 g/mol. The van der Waals surface area contributed by atoms with Crippen LogP contribution in [0.1, 0.15) is 10.5 Å². The quantitative estimate of drug-likeness (QED) is 0.699. The van der Waals surface area contributed by atoms with Crippen LogP contribution in [0.3, 0.4) is 0 Å². The van der Waals surface area contributed by atoms with Crippen LogP contribution in [0, 0.1) is 0 Å². The minimum absolute atomic E-state index is 0.221. The lowest BCUT2D eigenvalue weighted by molar-refractivity contribution is 0.0686. The number of anilines is 1. The van der Waals surface area contributed by atoms with Gasteiger partial charge in [0.05, 0.1) is 13.2 Å². The first-order valence-corrected chi connectivity index (χ1v) is 5.38. The number of carbonyl (C=O) groups is 1. The lowest BCUT2D eigenvalue weighted by atomic mass is 10.3. The molecule has 8 heteroatoms. The minimum atomic E-state index is -1.43. The number of morpholine rings is 1. The van der Waals surface area contributed by atoms with Crippen LogP contribution in [0.4, 0.5) is 5.95 Å². The summed E-state index contributed by atoms with van der Waals surface area (Å²) in [4.78, 5) is 28.2. The number of nitrogens with zero attached hydrogens (tertiary/aromatic N) is 3. The first-order valence-electron chi connectivity index (χ1n) is 5.38. The standard InChI is InChI=1S/C10H13N3O5/c1-12-8(15)7(14)6(9(16)17)11-10(12)13-2-4-18-5-3-13/h14H,2-5H2,1H3,(H,16,17). The summed E-state index contributed by atoms with van der Waals surface area (Å²) in [5, 5.41) is 18.3. The zero-order chi connectivity index (χ0) is 13.3. The Labute approximate surface area is 102 Å². The van der Waals surface area contributed by atoms with Crippen LogP contribution >= 0.6 is 0 Å². The Balaban J connectivity index is 2.53. The molecule has 8 nitrogen and oxygen atoms in total. The number of aromatic hydroxyl groups is 1. The maximum atomic E-state index is 11.7. The highest BCUT2D eigenvalue weighted by Gasteiger charge is 2.23. The van der Waals surface area contributed by atoms with Gasteiger partial charge in [-0.2, -0.15) is 0 Å². The molecule has 0 atom stereocenters. The maximum absolute atomic E-state index is 11.7. The van der Waals surface area contributed by atoms with Crippen LogP contribution in [-0.2, 0) is 11.8 Å². The Hall–Kier alpha value is -2.09. The largest absolute Gasteiger partial charge is 0.501 e. The number of hydrogen-bond donors (Lipinski definition) is 2. The molecule has 0 bridgehead atoms. The molecule has 0 unspecified atom stereocenters. The molecule has 1 fully saturated rings. The van der Waals surface area contributed by atoms with Crippen LogP contribution in [0.15, 0.2) is 4.79 Å². The third-order valence-corrected chi connectivity index (χ3v) is 2.74. The van der Waals surface area contributed by atoms with Gasteiger partial charge in [0.15, 0.2) is 5.69 Å². The summed E-state index contributed by atoms with van der Waals surface area (Å²) in [6.07, 6.45) is 0. The molecule has 1 aliphatic rings. The second kappa shape index (κ2) is 4.65.